The molecule has 0 radical (unpaired) electrons. The predicted octanol–water partition coefficient (Wildman–Crippen LogP) is 1.45. The number of carbonyl (C=O) groups is 1. The molecule has 19 heavy (non-hydrogen) atoms. The molecule has 0 bridgehead atoms. The second-order valence-electron chi connectivity index (χ2n) is 6.34. The minimum Gasteiger partial charge on any atom is -0.378 e. The van der Waals surface area contributed by atoms with Crippen molar-refractivity contribution in [2.24, 2.45) is 11.8 Å². The zero-order chi connectivity index (χ0) is 13.1. The largest absolute Gasteiger partial charge is 0.378 e. The van der Waals surface area contributed by atoms with Crippen molar-refractivity contribution in [2.45, 2.75) is 57.1 Å². The summed E-state index contributed by atoms with van der Waals surface area (Å²) in [5.41, 5.74) is 0. The van der Waals surface area contributed by atoms with E-state index in [1.54, 1.807) is 0 Å². The third-order valence-corrected chi connectivity index (χ3v) is 4.56. The van der Waals surface area contributed by atoms with Crippen LogP contribution in [0.5, 0.6) is 0 Å². The van der Waals surface area contributed by atoms with E-state index in [2.05, 4.69) is 10.6 Å². The fourth-order valence-corrected chi connectivity index (χ4v) is 3.07. The first-order chi connectivity index (χ1) is 9.33. The van der Waals surface area contributed by atoms with Crippen molar-refractivity contribution < 1.29 is 9.53 Å². The normalized spacial score (nSPS) is 24.7. The number of nitrogens with one attached hydrogen (secondary N) is 2. The molecule has 0 spiro atoms. The van der Waals surface area contributed by atoms with E-state index >= 15 is 0 Å². The van der Waals surface area contributed by atoms with E-state index < -0.39 is 0 Å². The molecule has 1 saturated heterocycles. The second kappa shape index (κ2) is 6.23. The molecule has 3 rings (SSSR count). The minimum atomic E-state index is 0.192. The van der Waals surface area contributed by atoms with Crippen molar-refractivity contribution in [1.29, 1.82) is 0 Å². The number of hydrogen-bond acceptors (Lipinski definition) is 3. The maximum atomic E-state index is 12.0. The van der Waals surface area contributed by atoms with Gasteiger partial charge in [0.1, 0.15) is 0 Å². The van der Waals surface area contributed by atoms with Gasteiger partial charge in [0.05, 0.1) is 12.7 Å². The van der Waals surface area contributed by atoms with E-state index in [1.807, 2.05) is 0 Å². The number of piperidine rings is 1. The Hall–Kier alpha value is -0.610. The summed E-state index contributed by atoms with van der Waals surface area (Å²) in [5.74, 6) is 1.75. The molecular weight excluding hydrogens is 240 g/mol. The summed E-state index contributed by atoms with van der Waals surface area (Å²) in [6.07, 6.45) is 8.29. The van der Waals surface area contributed by atoms with Crippen LogP contribution in [0.15, 0.2) is 0 Å². The molecule has 2 saturated carbocycles. The standard InChI is InChI=1S/C15H26N2O2/c18-14(7-10-19-13-5-8-16-9-6-13)17-15(11-1-2-11)12-3-4-12/h11-13,15-16H,1-10H2,(H,17,18). The second-order valence-corrected chi connectivity index (χ2v) is 6.34. The molecule has 3 aliphatic rings. The summed E-state index contributed by atoms with van der Waals surface area (Å²) in [4.78, 5) is 12.0. The first-order valence-corrected chi connectivity index (χ1v) is 7.94. The third kappa shape index (κ3) is 4.18. The van der Waals surface area contributed by atoms with Crippen molar-refractivity contribution in [3.05, 3.63) is 0 Å². The fraction of sp³-hybridized carbons (Fsp3) is 0.933. The molecule has 1 aliphatic heterocycles. The van der Waals surface area contributed by atoms with Crippen LogP contribution in [-0.4, -0.2) is 37.7 Å². The van der Waals surface area contributed by atoms with E-state index in [0.29, 0.717) is 25.2 Å². The van der Waals surface area contributed by atoms with Crippen LogP contribution in [0.2, 0.25) is 0 Å². The molecule has 0 aromatic carbocycles. The average molecular weight is 266 g/mol. The summed E-state index contributed by atoms with van der Waals surface area (Å²) in [6.45, 7) is 2.67. The molecule has 1 amide bonds. The highest BCUT2D eigenvalue weighted by Gasteiger charge is 2.42. The van der Waals surface area contributed by atoms with E-state index in [1.165, 1.54) is 25.7 Å². The number of amides is 1. The van der Waals surface area contributed by atoms with Gasteiger partial charge >= 0.3 is 0 Å². The van der Waals surface area contributed by atoms with Gasteiger partial charge in [-0.25, -0.2) is 0 Å². The van der Waals surface area contributed by atoms with Crippen LogP contribution < -0.4 is 10.6 Å². The van der Waals surface area contributed by atoms with E-state index in [-0.39, 0.29) is 5.91 Å². The van der Waals surface area contributed by atoms with Crippen molar-refractivity contribution in [1.82, 2.24) is 10.6 Å². The Labute approximate surface area is 115 Å². The molecule has 2 aliphatic carbocycles. The van der Waals surface area contributed by atoms with Crippen molar-refractivity contribution in [3.63, 3.8) is 0 Å². The van der Waals surface area contributed by atoms with Crippen LogP contribution >= 0.6 is 0 Å². The summed E-state index contributed by atoms with van der Waals surface area (Å²) < 4.78 is 5.79. The Morgan fingerprint density at radius 1 is 1.11 bits per heavy atom. The molecule has 1 heterocycles. The van der Waals surface area contributed by atoms with E-state index in [4.69, 9.17) is 4.74 Å². The Kier molecular flexibility index (Phi) is 4.38. The minimum absolute atomic E-state index is 0.192. The number of ether oxygens (including phenoxy) is 1. The zero-order valence-electron chi connectivity index (χ0n) is 11.7. The summed E-state index contributed by atoms with van der Waals surface area (Å²) >= 11 is 0. The van der Waals surface area contributed by atoms with Gasteiger partial charge < -0.3 is 15.4 Å². The molecule has 4 nitrogen and oxygen atoms in total. The van der Waals surface area contributed by atoms with Gasteiger partial charge in [0, 0.05) is 12.5 Å². The van der Waals surface area contributed by atoms with E-state index in [0.717, 1.165) is 37.8 Å². The van der Waals surface area contributed by atoms with Gasteiger partial charge in [-0.15, -0.1) is 0 Å². The molecule has 0 unspecified atom stereocenters. The third-order valence-electron chi connectivity index (χ3n) is 4.56. The average Bonchev–Trinajstić information content (AvgIpc) is 3.30. The van der Waals surface area contributed by atoms with Crippen molar-refractivity contribution in [3.8, 4) is 0 Å². The molecule has 2 N–H and O–H groups in total. The molecule has 4 heteroatoms. The van der Waals surface area contributed by atoms with Gasteiger partial charge in [-0.3, -0.25) is 4.79 Å². The Balaban J connectivity index is 1.31. The lowest BCUT2D eigenvalue weighted by atomic mass is 10.1. The maximum Gasteiger partial charge on any atom is 0.222 e. The molecule has 0 aromatic rings. The van der Waals surface area contributed by atoms with Gasteiger partial charge in [0.2, 0.25) is 5.91 Å². The van der Waals surface area contributed by atoms with Gasteiger partial charge in [-0.1, -0.05) is 0 Å². The number of carbonyl (C=O) groups excluding carboxylic acids is 1. The Morgan fingerprint density at radius 3 is 2.32 bits per heavy atom. The van der Waals surface area contributed by atoms with Gasteiger partial charge in [0.15, 0.2) is 0 Å². The van der Waals surface area contributed by atoms with Crippen LogP contribution in [0, 0.1) is 11.8 Å². The molecule has 0 aromatic heterocycles. The summed E-state index contributed by atoms with van der Waals surface area (Å²) in [5, 5.41) is 6.57. The smallest absolute Gasteiger partial charge is 0.222 e. The molecular formula is C15H26N2O2. The fourth-order valence-electron chi connectivity index (χ4n) is 3.07. The Morgan fingerprint density at radius 2 is 1.74 bits per heavy atom. The summed E-state index contributed by atoms with van der Waals surface area (Å²) in [6, 6.07) is 0.478. The van der Waals surface area contributed by atoms with Gasteiger partial charge in [-0.2, -0.15) is 0 Å². The highest BCUT2D eigenvalue weighted by molar-refractivity contribution is 5.76. The van der Waals surface area contributed by atoms with Gasteiger partial charge in [0.25, 0.3) is 0 Å². The highest BCUT2D eigenvalue weighted by atomic mass is 16.5. The summed E-state index contributed by atoms with van der Waals surface area (Å²) in [7, 11) is 0. The zero-order valence-corrected chi connectivity index (χ0v) is 11.7. The van der Waals surface area contributed by atoms with Crippen molar-refractivity contribution in [2.75, 3.05) is 19.7 Å². The van der Waals surface area contributed by atoms with Gasteiger partial charge in [-0.05, 0) is 63.5 Å². The lowest BCUT2D eigenvalue weighted by Crippen LogP contribution is -2.39. The van der Waals surface area contributed by atoms with E-state index in [9.17, 15) is 4.79 Å². The maximum absolute atomic E-state index is 12.0. The van der Waals surface area contributed by atoms with Crippen molar-refractivity contribution >= 4 is 5.91 Å². The quantitative estimate of drug-likeness (QED) is 0.733. The van der Waals surface area contributed by atoms with Crippen LogP contribution in [0.3, 0.4) is 0 Å². The van der Waals surface area contributed by atoms with Crippen LogP contribution in [0.4, 0.5) is 0 Å². The molecule has 3 fully saturated rings. The van der Waals surface area contributed by atoms with Crippen LogP contribution in [0.1, 0.15) is 44.9 Å². The lowest BCUT2D eigenvalue weighted by molar-refractivity contribution is -0.123. The Bertz CT molecular complexity index is 295. The topological polar surface area (TPSA) is 50.4 Å². The lowest BCUT2D eigenvalue weighted by Gasteiger charge is -2.23. The predicted molar refractivity (Wildman–Crippen MR) is 73.8 cm³/mol. The number of hydrogen-bond donors (Lipinski definition) is 2. The first-order valence-electron chi connectivity index (χ1n) is 7.94. The first kappa shape index (κ1) is 13.4. The monoisotopic (exact) mass is 266 g/mol. The number of rotatable bonds is 7. The molecule has 108 valence electrons. The highest BCUT2D eigenvalue weighted by Crippen LogP contribution is 2.44. The van der Waals surface area contributed by atoms with Crippen LogP contribution in [0.25, 0.3) is 0 Å². The molecule has 0 atom stereocenters. The SMILES string of the molecule is O=C(CCOC1CCNCC1)NC(C1CC1)C1CC1. The van der Waals surface area contributed by atoms with Crippen LogP contribution in [-0.2, 0) is 9.53 Å².